The fourth-order valence-electron chi connectivity index (χ4n) is 2.84. The highest BCUT2D eigenvalue weighted by atomic mass is 35.5. The summed E-state index contributed by atoms with van der Waals surface area (Å²) < 4.78 is 0. The van der Waals surface area contributed by atoms with E-state index in [0.717, 1.165) is 5.69 Å². The molecule has 136 valence electrons. The number of piperazine rings is 1. The number of benzene rings is 1. The highest BCUT2D eigenvalue weighted by Crippen LogP contribution is 2.13. The highest BCUT2D eigenvalue weighted by molar-refractivity contribution is 6.30. The Kier molecular flexibility index (Phi) is 6.07. The monoisotopic (exact) mass is 372 g/mol. The van der Waals surface area contributed by atoms with Crippen LogP contribution in [0.1, 0.15) is 16.1 Å². The molecule has 2 aromatic rings. The molecule has 0 saturated carbocycles. The van der Waals surface area contributed by atoms with Gasteiger partial charge in [-0.1, -0.05) is 17.7 Å². The quantitative estimate of drug-likeness (QED) is 0.896. The molecule has 1 aromatic heterocycles. The number of carbonyl (C=O) groups excluding carboxylic acids is 2. The maximum absolute atomic E-state index is 12.5. The summed E-state index contributed by atoms with van der Waals surface area (Å²) in [6, 6.07) is 12.5. The Labute approximate surface area is 157 Å². The van der Waals surface area contributed by atoms with Gasteiger partial charge in [0.1, 0.15) is 0 Å². The molecule has 2 heterocycles. The lowest BCUT2D eigenvalue weighted by Crippen LogP contribution is -2.53. The molecule has 7 heteroatoms. The molecular formula is C19H21ClN4O2. The minimum atomic E-state index is -0.0977. The van der Waals surface area contributed by atoms with Gasteiger partial charge < -0.3 is 15.1 Å². The molecule has 1 aliphatic rings. The molecule has 0 unspecified atom stereocenters. The number of aromatic nitrogens is 1. The molecule has 1 aliphatic heterocycles. The van der Waals surface area contributed by atoms with E-state index in [1.165, 1.54) is 0 Å². The molecule has 1 N–H and O–H groups in total. The predicted molar refractivity (Wildman–Crippen MR) is 100 cm³/mol. The minimum absolute atomic E-state index is 0.0307. The van der Waals surface area contributed by atoms with E-state index in [1.54, 1.807) is 40.3 Å². The van der Waals surface area contributed by atoms with Crippen molar-refractivity contribution in [2.24, 2.45) is 0 Å². The summed E-state index contributed by atoms with van der Waals surface area (Å²) in [5.74, 6) is -0.0307. The zero-order chi connectivity index (χ0) is 18.4. The summed E-state index contributed by atoms with van der Waals surface area (Å²) >= 11 is 5.86. The van der Waals surface area contributed by atoms with Crippen LogP contribution in [0.5, 0.6) is 0 Å². The van der Waals surface area contributed by atoms with Gasteiger partial charge in [-0.15, -0.1) is 0 Å². The van der Waals surface area contributed by atoms with Gasteiger partial charge in [0, 0.05) is 61.6 Å². The lowest BCUT2D eigenvalue weighted by Gasteiger charge is -2.34. The third-order valence-corrected chi connectivity index (χ3v) is 4.58. The Bertz CT molecular complexity index is 744. The maximum atomic E-state index is 12.5. The van der Waals surface area contributed by atoms with Crippen LogP contribution in [-0.4, -0.2) is 59.4 Å². The number of rotatable bonds is 4. The molecule has 26 heavy (non-hydrogen) atoms. The first-order valence-electron chi connectivity index (χ1n) is 8.61. The Hall–Kier alpha value is -2.60. The highest BCUT2D eigenvalue weighted by Gasteiger charge is 2.24. The third kappa shape index (κ3) is 4.73. The second-order valence-electron chi connectivity index (χ2n) is 6.09. The van der Waals surface area contributed by atoms with E-state index in [9.17, 15) is 9.59 Å². The van der Waals surface area contributed by atoms with Gasteiger partial charge >= 0.3 is 6.03 Å². The van der Waals surface area contributed by atoms with Gasteiger partial charge in [-0.25, -0.2) is 4.79 Å². The summed E-state index contributed by atoms with van der Waals surface area (Å²) in [4.78, 5) is 32.5. The van der Waals surface area contributed by atoms with Gasteiger partial charge in [-0.05, 0) is 36.4 Å². The Morgan fingerprint density at radius 1 is 1.00 bits per heavy atom. The summed E-state index contributed by atoms with van der Waals surface area (Å²) in [6.45, 7) is 2.63. The van der Waals surface area contributed by atoms with Crippen molar-refractivity contribution < 1.29 is 9.59 Å². The first kappa shape index (κ1) is 18.2. The SMILES string of the molecule is O=C(NCCc1ccccn1)N1CCN(C(=O)c2ccc(Cl)cc2)CC1. The average Bonchev–Trinajstić information content (AvgIpc) is 2.69. The van der Waals surface area contributed by atoms with Crippen molar-refractivity contribution in [2.45, 2.75) is 6.42 Å². The predicted octanol–water partition coefficient (Wildman–Crippen LogP) is 2.45. The van der Waals surface area contributed by atoms with E-state index in [-0.39, 0.29) is 11.9 Å². The molecule has 0 atom stereocenters. The van der Waals surface area contributed by atoms with Crippen molar-refractivity contribution in [3.05, 3.63) is 64.9 Å². The number of amides is 3. The number of halogens is 1. The molecule has 0 aliphatic carbocycles. The summed E-state index contributed by atoms with van der Waals surface area (Å²) in [5.41, 5.74) is 1.56. The molecule has 0 radical (unpaired) electrons. The second-order valence-corrected chi connectivity index (χ2v) is 6.53. The molecular weight excluding hydrogens is 352 g/mol. The van der Waals surface area contributed by atoms with E-state index in [0.29, 0.717) is 49.7 Å². The Morgan fingerprint density at radius 2 is 1.69 bits per heavy atom. The lowest BCUT2D eigenvalue weighted by atomic mass is 10.2. The van der Waals surface area contributed by atoms with Crippen LogP contribution in [0.3, 0.4) is 0 Å². The lowest BCUT2D eigenvalue weighted by molar-refractivity contribution is 0.0665. The van der Waals surface area contributed by atoms with Crippen LogP contribution >= 0.6 is 11.6 Å². The van der Waals surface area contributed by atoms with E-state index in [1.807, 2.05) is 18.2 Å². The zero-order valence-corrected chi connectivity index (χ0v) is 15.2. The molecule has 0 spiro atoms. The van der Waals surface area contributed by atoms with Gasteiger partial charge in [0.25, 0.3) is 5.91 Å². The van der Waals surface area contributed by atoms with Gasteiger partial charge in [0.05, 0.1) is 0 Å². The van der Waals surface area contributed by atoms with Gasteiger partial charge in [-0.3, -0.25) is 9.78 Å². The molecule has 1 fully saturated rings. The standard InChI is InChI=1S/C19H21ClN4O2/c20-16-6-4-15(5-7-16)18(25)23-11-13-24(14-12-23)19(26)22-10-8-17-3-1-2-9-21-17/h1-7,9H,8,10-14H2,(H,22,26). The van der Waals surface area contributed by atoms with Crippen molar-refractivity contribution in [3.63, 3.8) is 0 Å². The zero-order valence-electron chi connectivity index (χ0n) is 14.4. The topological polar surface area (TPSA) is 65.5 Å². The van der Waals surface area contributed by atoms with Gasteiger partial charge in [0.15, 0.2) is 0 Å². The van der Waals surface area contributed by atoms with Crippen molar-refractivity contribution >= 4 is 23.5 Å². The van der Waals surface area contributed by atoms with Crippen LogP contribution in [0.15, 0.2) is 48.7 Å². The molecule has 1 saturated heterocycles. The number of carbonyl (C=O) groups is 2. The van der Waals surface area contributed by atoms with Crippen LogP contribution in [-0.2, 0) is 6.42 Å². The van der Waals surface area contributed by atoms with Crippen molar-refractivity contribution in [1.29, 1.82) is 0 Å². The number of nitrogens with one attached hydrogen (secondary N) is 1. The van der Waals surface area contributed by atoms with Crippen molar-refractivity contribution in [2.75, 3.05) is 32.7 Å². The summed E-state index contributed by atoms with van der Waals surface area (Å²) in [7, 11) is 0. The van der Waals surface area contributed by atoms with Crippen LogP contribution in [0, 0.1) is 0 Å². The maximum Gasteiger partial charge on any atom is 0.317 e. The number of pyridine rings is 1. The molecule has 3 rings (SSSR count). The van der Waals surface area contributed by atoms with E-state index >= 15 is 0 Å². The van der Waals surface area contributed by atoms with Gasteiger partial charge in [0.2, 0.25) is 0 Å². The fourth-order valence-corrected chi connectivity index (χ4v) is 2.97. The van der Waals surface area contributed by atoms with E-state index < -0.39 is 0 Å². The van der Waals surface area contributed by atoms with Crippen LogP contribution in [0.4, 0.5) is 4.79 Å². The Balaban J connectivity index is 1.43. The van der Waals surface area contributed by atoms with Crippen molar-refractivity contribution in [3.8, 4) is 0 Å². The second kappa shape index (κ2) is 8.67. The molecule has 0 bridgehead atoms. The molecule has 6 nitrogen and oxygen atoms in total. The van der Waals surface area contributed by atoms with Crippen LogP contribution in [0.25, 0.3) is 0 Å². The number of hydrogen-bond donors (Lipinski definition) is 1. The van der Waals surface area contributed by atoms with Crippen molar-refractivity contribution in [1.82, 2.24) is 20.1 Å². The fraction of sp³-hybridized carbons (Fsp3) is 0.316. The molecule has 1 aromatic carbocycles. The summed E-state index contributed by atoms with van der Waals surface area (Å²) in [5, 5.41) is 3.52. The average molecular weight is 373 g/mol. The van der Waals surface area contributed by atoms with E-state index in [4.69, 9.17) is 11.6 Å². The van der Waals surface area contributed by atoms with E-state index in [2.05, 4.69) is 10.3 Å². The summed E-state index contributed by atoms with van der Waals surface area (Å²) in [6.07, 6.45) is 2.44. The first-order chi connectivity index (χ1) is 12.6. The normalized spacial score (nSPS) is 14.2. The first-order valence-corrected chi connectivity index (χ1v) is 8.99. The van der Waals surface area contributed by atoms with Crippen LogP contribution < -0.4 is 5.32 Å². The van der Waals surface area contributed by atoms with Crippen LogP contribution in [0.2, 0.25) is 5.02 Å². The largest absolute Gasteiger partial charge is 0.338 e. The smallest absolute Gasteiger partial charge is 0.317 e. The third-order valence-electron chi connectivity index (χ3n) is 4.33. The number of urea groups is 1. The van der Waals surface area contributed by atoms with Gasteiger partial charge in [-0.2, -0.15) is 0 Å². The number of nitrogens with zero attached hydrogens (tertiary/aromatic N) is 3. The minimum Gasteiger partial charge on any atom is -0.338 e. The Morgan fingerprint density at radius 3 is 2.35 bits per heavy atom. The molecule has 3 amide bonds. The number of hydrogen-bond acceptors (Lipinski definition) is 3.